The molecule has 3 fully saturated rings. The molecule has 6 heteroatoms. The first-order chi connectivity index (χ1) is 11.7. The second-order valence-corrected chi connectivity index (χ2v) is 8.62. The zero-order valence-electron chi connectivity index (χ0n) is 15.9. The van der Waals surface area contributed by atoms with Gasteiger partial charge in [-0.3, -0.25) is 0 Å². The summed E-state index contributed by atoms with van der Waals surface area (Å²) in [4.78, 5) is 12.2. The fourth-order valence-electron chi connectivity index (χ4n) is 4.13. The largest absolute Gasteiger partial charge is 0.444 e. The van der Waals surface area contributed by atoms with Crippen LogP contribution in [-0.4, -0.2) is 34.0 Å². The summed E-state index contributed by atoms with van der Waals surface area (Å²) < 4.78 is 5.39. The average molecular weight is 383 g/mol. The Hall–Kier alpha value is -1.30. The molecule has 1 aromatic rings. The molecule has 0 aromatic heterocycles. The maximum absolute atomic E-state index is 12.2. The van der Waals surface area contributed by atoms with E-state index in [9.17, 15) is 9.90 Å². The zero-order chi connectivity index (χ0) is 18.1. The Morgan fingerprint density at radius 1 is 1.19 bits per heavy atom. The van der Waals surface area contributed by atoms with E-state index < -0.39 is 23.3 Å². The van der Waals surface area contributed by atoms with Gasteiger partial charge in [0.05, 0.1) is 11.6 Å². The summed E-state index contributed by atoms with van der Waals surface area (Å²) in [6.45, 7) is 6.35. The Bertz CT molecular complexity index is 607. The number of aliphatic hydroxyl groups excluding tert-OH is 1. The fourth-order valence-corrected chi connectivity index (χ4v) is 4.13. The predicted molar refractivity (Wildman–Crippen MR) is 104 cm³/mol. The van der Waals surface area contributed by atoms with Crippen molar-refractivity contribution in [3.8, 4) is 0 Å². The van der Waals surface area contributed by atoms with Crippen molar-refractivity contribution in [2.75, 3.05) is 0 Å². The highest BCUT2D eigenvalue weighted by Crippen LogP contribution is 2.47. The van der Waals surface area contributed by atoms with Crippen LogP contribution in [0, 0.1) is 0 Å². The van der Waals surface area contributed by atoms with E-state index in [1.165, 1.54) is 5.56 Å². The van der Waals surface area contributed by atoms with Crippen LogP contribution in [0.25, 0.3) is 0 Å². The predicted octanol–water partition coefficient (Wildman–Crippen LogP) is 3.54. The van der Waals surface area contributed by atoms with Gasteiger partial charge in [0.2, 0.25) is 0 Å². The Morgan fingerprint density at radius 2 is 1.81 bits per heavy atom. The number of ether oxygens (including phenoxy) is 1. The molecule has 3 N–H and O–H groups in total. The highest BCUT2D eigenvalue weighted by atomic mass is 35.5. The molecular weight excluding hydrogens is 352 g/mol. The molecule has 26 heavy (non-hydrogen) atoms. The lowest BCUT2D eigenvalue weighted by Crippen LogP contribution is -2.69. The number of amides is 1. The average Bonchev–Trinajstić information content (AvgIpc) is 2.54. The summed E-state index contributed by atoms with van der Waals surface area (Å²) in [5.74, 6) is 0. The fraction of sp³-hybridized carbons (Fsp3) is 0.650. The maximum Gasteiger partial charge on any atom is 0.408 e. The Morgan fingerprint density at radius 3 is 2.35 bits per heavy atom. The van der Waals surface area contributed by atoms with Gasteiger partial charge in [-0.15, -0.1) is 12.4 Å². The molecule has 3 aliphatic rings. The summed E-state index contributed by atoms with van der Waals surface area (Å²) in [7, 11) is 0. The number of halogens is 1. The van der Waals surface area contributed by atoms with Crippen molar-refractivity contribution in [1.82, 2.24) is 10.6 Å². The third-order valence-corrected chi connectivity index (χ3v) is 5.58. The van der Waals surface area contributed by atoms with Crippen LogP contribution in [0.15, 0.2) is 30.3 Å². The van der Waals surface area contributed by atoms with Crippen molar-refractivity contribution in [3.63, 3.8) is 0 Å². The van der Waals surface area contributed by atoms with Crippen LogP contribution in [0.2, 0.25) is 0 Å². The monoisotopic (exact) mass is 382 g/mol. The number of fused-ring (bicyclic) bond motifs is 3. The lowest BCUT2D eigenvalue weighted by atomic mass is 9.60. The molecule has 2 bridgehead atoms. The highest BCUT2D eigenvalue weighted by molar-refractivity contribution is 5.85. The van der Waals surface area contributed by atoms with Gasteiger partial charge >= 0.3 is 6.09 Å². The molecule has 0 heterocycles. The third kappa shape index (κ3) is 4.70. The first kappa shape index (κ1) is 21.0. The number of aliphatic hydroxyl groups is 1. The molecule has 5 nitrogen and oxygen atoms in total. The second kappa shape index (κ2) is 7.75. The summed E-state index contributed by atoms with van der Waals surface area (Å²) >= 11 is 0. The number of hydrogen-bond donors (Lipinski definition) is 3. The van der Waals surface area contributed by atoms with E-state index in [2.05, 4.69) is 22.8 Å². The van der Waals surface area contributed by atoms with Gasteiger partial charge in [-0.25, -0.2) is 4.79 Å². The lowest BCUT2D eigenvalue weighted by molar-refractivity contribution is -0.0649. The van der Waals surface area contributed by atoms with Gasteiger partial charge in [0.1, 0.15) is 5.60 Å². The molecule has 4 rings (SSSR count). The van der Waals surface area contributed by atoms with E-state index in [1.54, 1.807) is 0 Å². The van der Waals surface area contributed by atoms with Gasteiger partial charge in [0, 0.05) is 12.1 Å². The van der Waals surface area contributed by atoms with Crippen molar-refractivity contribution in [3.05, 3.63) is 35.9 Å². The van der Waals surface area contributed by atoms with Crippen LogP contribution in [0.4, 0.5) is 4.79 Å². The summed E-state index contributed by atoms with van der Waals surface area (Å²) in [5.41, 5.74) is 0.141. The molecule has 3 aliphatic carbocycles. The molecule has 0 spiro atoms. The first-order valence-electron chi connectivity index (χ1n) is 9.20. The molecule has 1 aromatic carbocycles. The van der Waals surface area contributed by atoms with Crippen molar-refractivity contribution >= 4 is 18.5 Å². The number of benzene rings is 1. The van der Waals surface area contributed by atoms with Crippen LogP contribution in [0.1, 0.15) is 58.4 Å². The Kier molecular flexibility index (Phi) is 6.26. The van der Waals surface area contributed by atoms with E-state index in [0.29, 0.717) is 6.42 Å². The standard InChI is InChI=1S/C20H30N2O3.ClH/c1-18(2,3)25-17(24)22-20-11-9-19(10-12-20,13-16(20)23)21-14-15-7-5-4-6-8-15;/h4-8,16,21,23H,9-14H2,1-3H3,(H,22,24);1H/t16-,19?,20?;/m1./s1. The molecule has 0 aliphatic heterocycles. The minimum atomic E-state index is -0.550. The van der Waals surface area contributed by atoms with Gasteiger partial charge in [-0.1, -0.05) is 30.3 Å². The summed E-state index contributed by atoms with van der Waals surface area (Å²) in [6.07, 6.45) is 3.13. The molecule has 0 radical (unpaired) electrons. The van der Waals surface area contributed by atoms with Crippen LogP contribution >= 0.6 is 12.4 Å². The topological polar surface area (TPSA) is 70.6 Å². The quantitative estimate of drug-likeness (QED) is 0.744. The van der Waals surface area contributed by atoms with Crippen LogP contribution in [0.3, 0.4) is 0 Å². The van der Waals surface area contributed by atoms with Crippen molar-refractivity contribution in [2.45, 2.75) is 82.2 Å². The molecule has 3 saturated carbocycles. The van der Waals surface area contributed by atoms with Crippen molar-refractivity contribution < 1.29 is 14.6 Å². The molecular formula is C20H31ClN2O3. The van der Waals surface area contributed by atoms with Crippen LogP contribution < -0.4 is 10.6 Å². The van der Waals surface area contributed by atoms with Crippen molar-refractivity contribution in [2.24, 2.45) is 0 Å². The SMILES string of the molecule is CC(C)(C)OC(=O)NC12CCC(NCc3ccccc3)(CC1)C[C@H]2O.Cl. The number of carbonyl (C=O) groups excluding carboxylic acids is 1. The number of nitrogens with one attached hydrogen (secondary N) is 2. The van der Waals surface area contributed by atoms with Gasteiger partial charge in [-0.2, -0.15) is 0 Å². The van der Waals surface area contributed by atoms with E-state index >= 15 is 0 Å². The lowest BCUT2D eigenvalue weighted by Gasteiger charge is -2.56. The Balaban J connectivity index is 0.00000243. The second-order valence-electron chi connectivity index (χ2n) is 8.62. The molecule has 1 atom stereocenters. The minimum absolute atomic E-state index is 0. The van der Waals surface area contributed by atoms with Crippen LogP contribution in [0.5, 0.6) is 0 Å². The number of alkyl carbamates (subject to hydrolysis) is 1. The van der Waals surface area contributed by atoms with Gasteiger partial charge in [0.15, 0.2) is 0 Å². The van der Waals surface area contributed by atoms with Crippen molar-refractivity contribution in [1.29, 1.82) is 0 Å². The van der Waals surface area contributed by atoms with E-state index in [4.69, 9.17) is 4.74 Å². The van der Waals surface area contributed by atoms with Gasteiger partial charge in [-0.05, 0) is 58.4 Å². The maximum atomic E-state index is 12.2. The Labute approximate surface area is 162 Å². The normalized spacial score (nSPS) is 30.4. The van der Waals surface area contributed by atoms with Gasteiger partial charge in [0.25, 0.3) is 0 Å². The summed E-state index contributed by atoms with van der Waals surface area (Å²) in [6, 6.07) is 10.3. The molecule has 146 valence electrons. The van der Waals surface area contributed by atoms with E-state index in [-0.39, 0.29) is 17.9 Å². The number of carbonyl (C=O) groups is 1. The summed E-state index contributed by atoms with van der Waals surface area (Å²) in [5, 5.41) is 17.4. The third-order valence-electron chi connectivity index (χ3n) is 5.58. The minimum Gasteiger partial charge on any atom is -0.444 e. The zero-order valence-corrected chi connectivity index (χ0v) is 16.7. The molecule has 1 amide bonds. The molecule has 0 saturated heterocycles. The number of rotatable bonds is 4. The first-order valence-corrected chi connectivity index (χ1v) is 9.20. The van der Waals surface area contributed by atoms with E-state index in [0.717, 1.165) is 32.2 Å². The molecule has 0 unspecified atom stereocenters. The van der Waals surface area contributed by atoms with Crippen LogP contribution in [-0.2, 0) is 11.3 Å². The van der Waals surface area contributed by atoms with Gasteiger partial charge < -0.3 is 20.5 Å². The van der Waals surface area contributed by atoms with E-state index in [1.807, 2.05) is 39.0 Å². The number of hydrogen-bond acceptors (Lipinski definition) is 4. The smallest absolute Gasteiger partial charge is 0.408 e. The highest BCUT2D eigenvalue weighted by Gasteiger charge is 2.54.